The van der Waals surface area contributed by atoms with Gasteiger partial charge in [-0.1, -0.05) is 23.4 Å². The molecule has 1 aromatic heterocycles. The third-order valence-electron chi connectivity index (χ3n) is 2.78. The second-order valence-corrected chi connectivity index (χ2v) is 6.16. The lowest BCUT2D eigenvalue weighted by atomic mass is 10.3. The third kappa shape index (κ3) is 3.51. The molecule has 1 saturated heterocycles. The first kappa shape index (κ1) is 15.7. The van der Waals surface area contributed by atoms with Gasteiger partial charge in [-0.2, -0.15) is 0 Å². The van der Waals surface area contributed by atoms with Crippen molar-refractivity contribution in [3.05, 3.63) is 17.0 Å². The zero-order valence-corrected chi connectivity index (χ0v) is 12.9. The van der Waals surface area contributed by atoms with Crippen LogP contribution in [-0.4, -0.2) is 45.9 Å². The summed E-state index contributed by atoms with van der Waals surface area (Å²) in [5.74, 6) is -0.853. The Hall–Kier alpha value is -1.67. The molecule has 1 aromatic rings. The second-order valence-electron chi connectivity index (χ2n) is 4.30. The Morgan fingerprint density at radius 3 is 2.86 bits per heavy atom. The van der Waals surface area contributed by atoms with E-state index in [9.17, 15) is 14.4 Å². The fourth-order valence-corrected chi connectivity index (χ4v) is 3.04. The van der Waals surface area contributed by atoms with E-state index in [0.29, 0.717) is 0 Å². The number of amides is 1. The third-order valence-corrected chi connectivity index (χ3v) is 3.94. The average Bonchev–Trinajstić information content (AvgIpc) is 2.77. The van der Waals surface area contributed by atoms with Gasteiger partial charge in [0.15, 0.2) is 16.6 Å². The topological polar surface area (TPSA) is 89.5 Å². The Bertz CT molecular complexity index is 610. The van der Waals surface area contributed by atoms with E-state index in [1.807, 2.05) is 0 Å². The SMILES string of the molecule is COC(=O)c1nc(Cl)cnc1N1CC(SC(C)=O)CC1=O. The molecule has 0 saturated carbocycles. The van der Waals surface area contributed by atoms with Crippen LogP contribution in [0.3, 0.4) is 0 Å². The van der Waals surface area contributed by atoms with Crippen molar-refractivity contribution in [1.82, 2.24) is 9.97 Å². The maximum absolute atomic E-state index is 12.1. The smallest absolute Gasteiger partial charge is 0.360 e. The van der Waals surface area contributed by atoms with E-state index < -0.39 is 5.97 Å². The zero-order valence-electron chi connectivity index (χ0n) is 11.3. The van der Waals surface area contributed by atoms with Crippen molar-refractivity contribution in [2.24, 2.45) is 0 Å². The second kappa shape index (κ2) is 6.40. The van der Waals surface area contributed by atoms with Crippen molar-refractivity contribution in [3.8, 4) is 0 Å². The van der Waals surface area contributed by atoms with Gasteiger partial charge in [0, 0.05) is 25.1 Å². The summed E-state index contributed by atoms with van der Waals surface area (Å²) in [6.07, 6.45) is 1.46. The Labute approximate surface area is 130 Å². The van der Waals surface area contributed by atoms with Crippen LogP contribution in [-0.2, 0) is 14.3 Å². The van der Waals surface area contributed by atoms with Crippen molar-refractivity contribution in [2.75, 3.05) is 18.6 Å². The standard InChI is InChI=1S/C12H12ClN3O4S/c1-6(17)21-7-3-9(18)16(5-7)11-10(12(19)20-2)15-8(13)4-14-11/h4,7H,3,5H2,1-2H3. The lowest BCUT2D eigenvalue weighted by Crippen LogP contribution is -2.29. The van der Waals surface area contributed by atoms with Gasteiger partial charge in [0.1, 0.15) is 5.15 Å². The molecule has 9 heteroatoms. The molecule has 0 spiro atoms. The van der Waals surface area contributed by atoms with Crippen LogP contribution in [0, 0.1) is 0 Å². The van der Waals surface area contributed by atoms with Crippen molar-refractivity contribution in [2.45, 2.75) is 18.6 Å². The Morgan fingerprint density at radius 1 is 1.52 bits per heavy atom. The van der Waals surface area contributed by atoms with E-state index in [2.05, 4.69) is 14.7 Å². The van der Waals surface area contributed by atoms with E-state index in [4.69, 9.17) is 11.6 Å². The molecule has 2 heterocycles. The Kier molecular flexibility index (Phi) is 4.79. The molecule has 0 N–H and O–H groups in total. The molecule has 1 aliphatic rings. The predicted octanol–water partition coefficient (Wildman–Crippen LogP) is 1.30. The van der Waals surface area contributed by atoms with Crippen molar-refractivity contribution in [3.63, 3.8) is 0 Å². The van der Waals surface area contributed by atoms with Gasteiger partial charge < -0.3 is 4.74 Å². The Balaban J connectivity index is 2.31. The van der Waals surface area contributed by atoms with Crippen LogP contribution >= 0.6 is 23.4 Å². The molecule has 1 amide bonds. The van der Waals surface area contributed by atoms with Gasteiger partial charge in [0.05, 0.1) is 13.3 Å². The summed E-state index contributed by atoms with van der Waals surface area (Å²) >= 11 is 6.82. The first-order valence-corrected chi connectivity index (χ1v) is 7.26. The van der Waals surface area contributed by atoms with Crippen molar-refractivity contribution < 1.29 is 19.1 Å². The lowest BCUT2D eigenvalue weighted by molar-refractivity contribution is -0.117. The molecular formula is C12H12ClN3O4S. The number of nitrogens with zero attached hydrogens (tertiary/aromatic N) is 3. The molecule has 112 valence electrons. The van der Waals surface area contributed by atoms with Gasteiger partial charge in [0.25, 0.3) is 0 Å². The number of halogens is 1. The summed E-state index contributed by atoms with van der Waals surface area (Å²) in [6, 6.07) is 0. The van der Waals surface area contributed by atoms with E-state index >= 15 is 0 Å². The van der Waals surface area contributed by atoms with Gasteiger partial charge in [-0.3, -0.25) is 14.5 Å². The minimum absolute atomic E-state index is 0.0282. The molecule has 0 bridgehead atoms. The number of hydrogen-bond donors (Lipinski definition) is 0. The maximum Gasteiger partial charge on any atom is 0.360 e. The first-order valence-electron chi connectivity index (χ1n) is 6.00. The van der Waals surface area contributed by atoms with Crippen LogP contribution in [0.2, 0.25) is 5.15 Å². The summed E-state index contributed by atoms with van der Waals surface area (Å²) in [6.45, 7) is 1.73. The quantitative estimate of drug-likeness (QED) is 0.772. The molecule has 7 nitrogen and oxygen atoms in total. The van der Waals surface area contributed by atoms with Crippen LogP contribution in [0.1, 0.15) is 23.8 Å². The lowest BCUT2D eigenvalue weighted by Gasteiger charge is -2.17. The highest BCUT2D eigenvalue weighted by Crippen LogP contribution is 2.29. The Morgan fingerprint density at radius 2 is 2.24 bits per heavy atom. The number of ether oxygens (including phenoxy) is 1. The van der Waals surface area contributed by atoms with Gasteiger partial charge in [-0.15, -0.1) is 0 Å². The number of rotatable bonds is 3. The molecule has 0 aliphatic carbocycles. The summed E-state index contributed by atoms with van der Waals surface area (Å²) < 4.78 is 4.62. The van der Waals surface area contributed by atoms with Crippen LogP contribution in [0.25, 0.3) is 0 Å². The van der Waals surface area contributed by atoms with Crippen LogP contribution < -0.4 is 4.90 Å². The number of methoxy groups -OCH3 is 1. The molecule has 1 fully saturated rings. The van der Waals surface area contributed by atoms with Gasteiger partial charge >= 0.3 is 5.97 Å². The fraction of sp³-hybridized carbons (Fsp3) is 0.417. The van der Waals surface area contributed by atoms with Gasteiger partial charge in [0.2, 0.25) is 5.91 Å². The zero-order chi connectivity index (χ0) is 15.6. The van der Waals surface area contributed by atoms with Crippen LogP contribution in [0.5, 0.6) is 0 Å². The van der Waals surface area contributed by atoms with E-state index in [-0.39, 0.29) is 45.9 Å². The maximum atomic E-state index is 12.1. The monoisotopic (exact) mass is 329 g/mol. The fourth-order valence-electron chi connectivity index (χ4n) is 1.99. The van der Waals surface area contributed by atoms with E-state index in [0.717, 1.165) is 11.8 Å². The van der Waals surface area contributed by atoms with E-state index in [1.165, 1.54) is 25.1 Å². The van der Waals surface area contributed by atoms with Crippen LogP contribution in [0.15, 0.2) is 6.20 Å². The molecule has 21 heavy (non-hydrogen) atoms. The molecular weight excluding hydrogens is 318 g/mol. The van der Waals surface area contributed by atoms with Gasteiger partial charge in [-0.05, 0) is 0 Å². The molecule has 1 aliphatic heterocycles. The molecule has 0 aromatic carbocycles. The highest BCUT2D eigenvalue weighted by molar-refractivity contribution is 8.14. The number of carbonyl (C=O) groups excluding carboxylic acids is 3. The summed E-state index contributed by atoms with van der Waals surface area (Å²) in [7, 11) is 1.20. The van der Waals surface area contributed by atoms with Gasteiger partial charge in [-0.25, -0.2) is 14.8 Å². The number of anilines is 1. The summed E-state index contributed by atoms with van der Waals surface area (Å²) in [4.78, 5) is 44.1. The van der Waals surface area contributed by atoms with Crippen LogP contribution in [0.4, 0.5) is 5.82 Å². The molecule has 1 atom stereocenters. The van der Waals surface area contributed by atoms with Crippen molar-refractivity contribution in [1.29, 1.82) is 0 Å². The van der Waals surface area contributed by atoms with E-state index in [1.54, 1.807) is 0 Å². The molecule has 1 unspecified atom stereocenters. The summed E-state index contributed by atoms with van der Waals surface area (Å²) in [5, 5.41) is -0.205. The number of aromatic nitrogens is 2. The average molecular weight is 330 g/mol. The normalized spacial score (nSPS) is 18.0. The number of hydrogen-bond acceptors (Lipinski definition) is 7. The van der Waals surface area contributed by atoms with Crippen molar-refractivity contribution >= 4 is 46.2 Å². The summed E-state index contributed by atoms with van der Waals surface area (Å²) in [5.41, 5.74) is -0.119. The number of thioether (sulfide) groups is 1. The molecule has 2 rings (SSSR count). The first-order chi connectivity index (χ1) is 9.92. The highest BCUT2D eigenvalue weighted by Gasteiger charge is 2.35. The predicted molar refractivity (Wildman–Crippen MR) is 77.4 cm³/mol. The number of carbonyl (C=O) groups is 3. The molecule has 0 radical (unpaired) electrons. The minimum Gasteiger partial charge on any atom is -0.464 e. The number of esters is 1. The largest absolute Gasteiger partial charge is 0.464 e. The highest BCUT2D eigenvalue weighted by atomic mass is 35.5. The minimum atomic E-state index is -0.726.